The molecule has 19 heavy (non-hydrogen) atoms. The van der Waals surface area contributed by atoms with Gasteiger partial charge in [-0.05, 0) is 35.7 Å². The van der Waals surface area contributed by atoms with Crippen LogP contribution in [0.4, 0.5) is 0 Å². The van der Waals surface area contributed by atoms with E-state index < -0.39 is 0 Å². The van der Waals surface area contributed by atoms with E-state index >= 15 is 0 Å². The second kappa shape index (κ2) is 7.20. The summed E-state index contributed by atoms with van der Waals surface area (Å²) in [7, 11) is 0. The number of unbranched alkanes of at least 4 members (excludes halogenated alkanes) is 2. The highest BCUT2D eigenvalue weighted by atomic mass is 32.1. The van der Waals surface area contributed by atoms with Crippen molar-refractivity contribution in [3.63, 3.8) is 0 Å². The van der Waals surface area contributed by atoms with Gasteiger partial charge in [0, 0.05) is 12.2 Å². The van der Waals surface area contributed by atoms with E-state index in [1.807, 2.05) is 0 Å². The summed E-state index contributed by atoms with van der Waals surface area (Å²) < 4.78 is 4.65. The predicted molar refractivity (Wildman–Crippen MR) is 88.7 cm³/mol. The van der Waals surface area contributed by atoms with E-state index in [0.717, 1.165) is 4.64 Å². The van der Waals surface area contributed by atoms with Gasteiger partial charge in [-0.3, -0.25) is 0 Å². The van der Waals surface area contributed by atoms with Gasteiger partial charge >= 0.3 is 0 Å². The summed E-state index contributed by atoms with van der Waals surface area (Å²) in [5.41, 5.74) is 0. The van der Waals surface area contributed by atoms with Crippen LogP contribution in [-0.2, 0) is 0 Å². The SMILES string of the molecule is CCCCC(CCCC)n1ccc2ccsc2c1=S. The lowest BCUT2D eigenvalue weighted by molar-refractivity contribution is 0.405. The highest BCUT2D eigenvalue weighted by Crippen LogP contribution is 2.28. The summed E-state index contributed by atoms with van der Waals surface area (Å²) >= 11 is 7.47. The second-order valence-corrected chi connectivity index (χ2v) is 6.47. The smallest absolute Gasteiger partial charge is 0.124 e. The van der Waals surface area contributed by atoms with Crippen molar-refractivity contribution < 1.29 is 0 Å². The highest BCUT2D eigenvalue weighted by molar-refractivity contribution is 7.71. The number of hydrogen-bond acceptors (Lipinski definition) is 2. The van der Waals surface area contributed by atoms with Gasteiger partial charge in [0.25, 0.3) is 0 Å². The highest BCUT2D eigenvalue weighted by Gasteiger charge is 2.11. The van der Waals surface area contributed by atoms with Crippen molar-refractivity contribution in [1.82, 2.24) is 4.57 Å². The monoisotopic (exact) mass is 293 g/mol. The Balaban J connectivity index is 2.31. The molecule has 0 aliphatic rings. The van der Waals surface area contributed by atoms with Crippen LogP contribution in [0, 0.1) is 4.64 Å². The average Bonchev–Trinajstić information content (AvgIpc) is 2.89. The van der Waals surface area contributed by atoms with Crippen molar-refractivity contribution in [3.8, 4) is 0 Å². The lowest BCUT2D eigenvalue weighted by Crippen LogP contribution is -2.10. The molecule has 0 N–H and O–H groups in total. The van der Waals surface area contributed by atoms with Gasteiger partial charge in [0.05, 0.1) is 4.70 Å². The third kappa shape index (κ3) is 3.46. The van der Waals surface area contributed by atoms with Crippen LogP contribution in [0.15, 0.2) is 23.7 Å². The Labute approximate surface area is 125 Å². The molecule has 2 aromatic rings. The Morgan fingerprint density at radius 2 is 1.84 bits per heavy atom. The molecular weight excluding hydrogens is 270 g/mol. The quantitative estimate of drug-likeness (QED) is 0.538. The third-order valence-electron chi connectivity index (χ3n) is 3.71. The number of hydrogen-bond donors (Lipinski definition) is 0. The van der Waals surface area contributed by atoms with Crippen molar-refractivity contribution in [2.75, 3.05) is 0 Å². The van der Waals surface area contributed by atoms with Gasteiger partial charge in [0.15, 0.2) is 0 Å². The van der Waals surface area contributed by atoms with Gasteiger partial charge in [0.2, 0.25) is 0 Å². The van der Waals surface area contributed by atoms with Crippen LogP contribution in [0.25, 0.3) is 10.1 Å². The summed E-state index contributed by atoms with van der Waals surface area (Å²) in [5.74, 6) is 0. The molecule has 0 amide bonds. The summed E-state index contributed by atoms with van der Waals surface area (Å²) in [6.45, 7) is 4.53. The van der Waals surface area contributed by atoms with Crippen LogP contribution in [0.2, 0.25) is 0 Å². The largest absolute Gasteiger partial charge is 0.335 e. The first-order chi connectivity index (χ1) is 9.27. The first-order valence-corrected chi connectivity index (χ1v) is 8.65. The third-order valence-corrected chi connectivity index (χ3v) is 5.20. The molecule has 2 rings (SSSR count). The molecule has 0 aliphatic heterocycles. The van der Waals surface area contributed by atoms with Crippen LogP contribution in [0.5, 0.6) is 0 Å². The normalized spacial score (nSPS) is 11.5. The molecule has 3 heteroatoms. The molecule has 0 bridgehead atoms. The number of rotatable bonds is 7. The fourth-order valence-electron chi connectivity index (χ4n) is 2.56. The van der Waals surface area contributed by atoms with Crippen LogP contribution >= 0.6 is 23.6 Å². The Bertz CT molecular complexity index is 559. The predicted octanol–water partition coefficient (Wildman–Crippen LogP) is 6.35. The van der Waals surface area contributed by atoms with Gasteiger partial charge in [-0.2, -0.15) is 0 Å². The molecule has 0 fully saturated rings. The minimum atomic E-state index is 0.582. The van der Waals surface area contributed by atoms with Crippen LogP contribution in [0.1, 0.15) is 58.4 Å². The molecule has 0 saturated heterocycles. The number of aromatic nitrogens is 1. The van der Waals surface area contributed by atoms with E-state index in [0.29, 0.717) is 6.04 Å². The minimum absolute atomic E-state index is 0.582. The molecule has 0 aromatic carbocycles. The van der Waals surface area contributed by atoms with E-state index in [1.54, 1.807) is 11.3 Å². The Morgan fingerprint density at radius 1 is 1.16 bits per heavy atom. The van der Waals surface area contributed by atoms with Crippen molar-refractivity contribution in [2.24, 2.45) is 0 Å². The minimum Gasteiger partial charge on any atom is -0.335 e. The van der Waals surface area contributed by atoms with E-state index in [2.05, 4.69) is 42.1 Å². The number of nitrogens with zero attached hydrogens (tertiary/aromatic N) is 1. The maximum atomic E-state index is 5.70. The van der Waals surface area contributed by atoms with Crippen LogP contribution < -0.4 is 0 Å². The van der Waals surface area contributed by atoms with Gasteiger partial charge < -0.3 is 4.57 Å². The molecule has 0 radical (unpaired) electrons. The van der Waals surface area contributed by atoms with Crippen LogP contribution in [-0.4, -0.2) is 4.57 Å². The molecule has 0 spiro atoms. The number of thiophene rings is 1. The maximum absolute atomic E-state index is 5.70. The summed E-state index contributed by atoms with van der Waals surface area (Å²) in [6.07, 6.45) is 9.81. The molecule has 2 aromatic heterocycles. The topological polar surface area (TPSA) is 4.93 Å². The van der Waals surface area contributed by atoms with Gasteiger partial charge in [0.1, 0.15) is 4.64 Å². The standard InChI is InChI=1S/C16H23NS2/c1-3-5-7-14(8-6-4-2)17-11-9-13-10-12-19-15(13)16(17)18/h9-12,14H,3-8H2,1-2H3. The van der Waals surface area contributed by atoms with E-state index in [4.69, 9.17) is 12.2 Å². The van der Waals surface area contributed by atoms with Crippen LogP contribution in [0.3, 0.4) is 0 Å². The maximum Gasteiger partial charge on any atom is 0.124 e. The van der Waals surface area contributed by atoms with Gasteiger partial charge in [-0.25, -0.2) is 0 Å². The average molecular weight is 294 g/mol. The van der Waals surface area contributed by atoms with Crippen molar-refractivity contribution in [1.29, 1.82) is 0 Å². The van der Waals surface area contributed by atoms with Gasteiger partial charge in [-0.15, -0.1) is 11.3 Å². The first kappa shape index (κ1) is 14.7. The summed E-state index contributed by atoms with van der Waals surface area (Å²) in [6, 6.07) is 4.96. The molecule has 0 aliphatic carbocycles. The second-order valence-electron chi connectivity index (χ2n) is 5.17. The van der Waals surface area contributed by atoms with E-state index in [-0.39, 0.29) is 0 Å². The zero-order valence-corrected chi connectivity index (χ0v) is 13.5. The zero-order valence-electron chi connectivity index (χ0n) is 11.9. The Hall–Kier alpha value is -0.670. The summed E-state index contributed by atoms with van der Waals surface area (Å²) in [4.78, 5) is 0. The Morgan fingerprint density at radius 3 is 2.47 bits per heavy atom. The summed E-state index contributed by atoms with van der Waals surface area (Å²) in [5, 5.41) is 3.42. The fourth-order valence-corrected chi connectivity index (χ4v) is 3.86. The molecule has 0 atom stereocenters. The van der Waals surface area contributed by atoms with E-state index in [9.17, 15) is 0 Å². The zero-order chi connectivity index (χ0) is 13.7. The lowest BCUT2D eigenvalue weighted by atomic mass is 10.0. The number of fused-ring (bicyclic) bond motifs is 1. The molecular formula is C16H23NS2. The van der Waals surface area contributed by atoms with Crippen molar-refractivity contribution in [3.05, 3.63) is 28.4 Å². The first-order valence-electron chi connectivity index (χ1n) is 7.36. The van der Waals surface area contributed by atoms with Gasteiger partial charge in [-0.1, -0.05) is 51.7 Å². The fraction of sp³-hybridized carbons (Fsp3) is 0.562. The molecule has 0 unspecified atom stereocenters. The molecule has 0 saturated carbocycles. The van der Waals surface area contributed by atoms with Crippen molar-refractivity contribution in [2.45, 2.75) is 58.4 Å². The molecule has 1 nitrogen and oxygen atoms in total. The lowest BCUT2D eigenvalue weighted by Gasteiger charge is -2.21. The molecule has 2 heterocycles. The number of pyridine rings is 1. The van der Waals surface area contributed by atoms with Crippen molar-refractivity contribution >= 4 is 33.6 Å². The van der Waals surface area contributed by atoms with E-state index in [1.165, 1.54) is 48.6 Å². The Kier molecular flexibility index (Phi) is 5.59. The molecule has 104 valence electrons.